The van der Waals surface area contributed by atoms with Crippen LogP contribution in [-0.4, -0.2) is 25.4 Å². The zero-order chi connectivity index (χ0) is 13.9. The van der Waals surface area contributed by atoms with Crippen LogP contribution in [0.25, 0.3) is 5.70 Å². The molecule has 5 heteroatoms. The topological polar surface area (TPSA) is 45.3 Å². The molecule has 0 heterocycles. The summed E-state index contributed by atoms with van der Waals surface area (Å²) in [6, 6.07) is 10.1. The van der Waals surface area contributed by atoms with Crippen LogP contribution in [-0.2, 0) is 4.74 Å². The van der Waals surface area contributed by atoms with Crippen LogP contribution in [0.1, 0.15) is 18.9 Å². The largest absolute Gasteiger partial charge is 0.383 e. The number of benzene rings is 1. The summed E-state index contributed by atoms with van der Waals surface area (Å²) in [6.45, 7) is 3.40. The zero-order valence-electron chi connectivity index (χ0n) is 11.4. The van der Waals surface area contributed by atoms with Crippen molar-refractivity contribution in [3.8, 4) is 0 Å². The van der Waals surface area contributed by atoms with Crippen molar-refractivity contribution in [3.63, 3.8) is 0 Å². The third-order valence-corrected chi connectivity index (χ3v) is 2.64. The lowest BCUT2D eigenvalue weighted by atomic mass is 10.1. The van der Waals surface area contributed by atoms with Crippen LogP contribution in [0.2, 0.25) is 0 Å². The number of nitrogens with one attached hydrogen (secondary N) is 3. The number of hydrazine groups is 1. The third kappa shape index (κ3) is 6.22. The molecule has 104 valence electrons. The molecular weight excluding hydrogens is 258 g/mol. The van der Waals surface area contributed by atoms with Gasteiger partial charge >= 0.3 is 0 Å². The highest BCUT2D eigenvalue weighted by molar-refractivity contribution is 7.80. The van der Waals surface area contributed by atoms with E-state index in [0.717, 1.165) is 17.7 Å². The molecule has 1 aromatic rings. The average Bonchev–Trinajstić information content (AvgIpc) is 2.44. The Morgan fingerprint density at radius 1 is 1.26 bits per heavy atom. The monoisotopic (exact) mass is 279 g/mol. The first kappa shape index (κ1) is 15.5. The predicted octanol–water partition coefficient (Wildman–Crippen LogP) is 2.05. The maximum Gasteiger partial charge on any atom is 0.185 e. The number of hydrogen-bond donors (Lipinski definition) is 3. The smallest absolute Gasteiger partial charge is 0.185 e. The fourth-order valence-electron chi connectivity index (χ4n) is 1.50. The molecule has 0 unspecified atom stereocenters. The highest BCUT2D eigenvalue weighted by Gasteiger charge is 2.00. The van der Waals surface area contributed by atoms with Gasteiger partial charge < -0.3 is 10.1 Å². The highest BCUT2D eigenvalue weighted by Crippen LogP contribution is 2.10. The summed E-state index contributed by atoms with van der Waals surface area (Å²) in [5.41, 5.74) is 8.24. The first-order chi connectivity index (χ1) is 9.27. The number of methoxy groups -OCH3 is 1. The quantitative estimate of drug-likeness (QED) is 0.405. The molecule has 3 N–H and O–H groups in total. The van der Waals surface area contributed by atoms with E-state index in [1.54, 1.807) is 7.11 Å². The van der Waals surface area contributed by atoms with Gasteiger partial charge in [0, 0.05) is 13.7 Å². The molecule has 0 aliphatic rings. The van der Waals surface area contributed by atoms with Crippen LogP contribution in [0, 0.1) is 0 Å². The molecule has 0 amide bonds. The summed E-state index contributed by atoms with van der Waals surface area (Å²) in [7, 11) is 1.66. The standard InChI is InChI=1S/C14H21N3OS/c1-3-7-13(12-8-5-4-6-9-12)16-17-14(19)15-10-11-18-2/h4-9,16H,3,10-11H2,1-2H3,(H2,15,17,19)/b13-7+. The van der Waals surface area contributed by atoms with E-state index >= 15 is 0 Å². The minimum Gasteiger partial charge on any atom is -0.383 e. The fourth-order valence-corrected chi connectivity index (χ4v) is 1.65. The molecule has 0 fully saturated rings. The summed E-state index contributed by atoms with van der Waals surface area (Å²) in [4.78, 5) is 0. The van der Waals surface area contributed by atoms with Crippen LogP contribution < -0.4 is 16.2 Å². The van der Waals surface area contributed by atoms with Crippen molar-refractivity contribution >= 4 is 23.0 Å². The molecule has 0 radical (unpaired) electrons. The average molecular weight is 279 g/mol. The third-order valence-electron chi connectivity index (χ3n) is 2.40. The normalized spacial score (nSPS) is 10.9. The second-order valence-electron chi connectivity index (χ2n) is 3.89. The SMILES string of the molecule is CC/C=C(/NNC(=S)NCCOC)c1ccccc1. The Kier molecular flexibility index (Phi) is 7.62. The van der Waals surface area contributed by atoms with Crippen LogP contribution >= 0.6 is 12.2 Å². The lowest BCUT2D eigenvalue weighted by Crippen LogP contribution is -2.44. The van der Waals surface area contributed by atoms with Crippen LogP contribution in [0.15, 0.2) is 36.4 Å². The van der Waals surface area contributed by atoms with Crippen LogP contribution in [0.5, 0.6) is 0 Å². The lowest BCUT2D eigenvalue weighted by molar-refractivity contribution is 0.204. The minimum absolute atomic E-state index is 0.551. The number of rotatable bonds is 7. The molecule has 0 atom stereocenters. The summed E-state index contributed by atoms with van der Waals surface area (Å²) in [5.74, 6) is 0. The van der Waals surface area contributed by atoms with Gasteiger partial charge in [0.25, 0.3) is 0 Å². The van der Waals surface area contributed by atoms with Crippen molar-refractivity contribution < 1.29 is 4.74 Å². The highest BCUT2D eigenvalue weighted by atomic mass is 32.1. The van der Waals surface area contributed by atoms with Crippen molar-refractivity contribution in [3.05, 3.63) is 42.0 Å². The molecule has 0 spiro atoms. The van der Waals surface area contributed by atoms with Crippen molar-refractivity contribution in [2.75, 3.05) is 20.3 Å². The van der Waals surface area contributed by atoms with E-state index in [9.17, 15) is 0 Å². The molecule has 1 rings (SSSR count). The first-order valence-corrected chi connectivity index (χ1v) is 6.73. The first-order valence-electron chi connectivity index (χ1n) is 6.32. The van der Waals surface area contributed by atoms with Gasteiger partial charge in [-0.15, -0.1) is 0 Å². The van der Waals surface area contributed by atoms with Gasteiger partial charge in [0.05, 0.1) is 12.3 Å². The van der Waals surface area contributed by atoms with Crippen molar-refractivity contribution in [1.82, 2.24) is 16.2 Å². The summed E-state index contributed by atoms with van der Waals surface area (Å²) >= 11 is 5.15. The number of thiocarbonyl (C=S) groups is 1. The van der Waals surface area contributed by atoms with E-state index in [1.807, 2.05) is 18.2 Å². The van der Waals surface area contributed by atoms with Gasteiger partial charge in [0.2, 0.25) is 0 Å². The van der Waals surface area contributed by atoms with Gasteiger partial charge in [-0.05, 0) is 24.2 Å². The molecule has 0 aromatic heterocycles. The maximum atomic E-state index is 5.15. The van der Waals surface area contributed by atoms with Gasteiger partial charge in [-0.1, -0.05) is 43.3 Å². The van der Waals surface area contributed by atoms with E-state index in [0.29, 0.717) is 18.3 Å². The molecule has 0 aliphatic carbocycles. The Bertz CT molecular complexity index is 406. The van der Waals surface area contributed by atoms with Gasteiger partial charge in [0.1, 0.15) is 0 Å². The number of ether oxygens (including phenoxy) is 1. The van der Waals surface area contributed by atoms with Gasteiger partial charge in [-0.25, -0.2) is 0 Å². The van der Waals surface area contributed by atoms with Crippen LogP contribution in [0.4, 0.5) is 0 Å². The number of hydrogen-bond acceptors (Lipinski definition) is 3. The van der Waals surface area contributed by atoms with E-state index in [1.165, 1.54) is 0 Å². The van der Waals surface area contributed by atoms with E-state index in [4.69, 9.17) is 17.0 Å². The Labute approximate surface area is 120 Å². The van der Waals surface area contributed by atoms with E-state index in [-0.39, 0.29) is 0 Å². The van der Waals surface area contributed by atoms with E-state index < -0.39 is 0 Å². The second-order valence-corrected chi connectivity index (χ2v) is 4.30. The summed E-state index contributed by atoms with van der Waals surface area (Å²) < 4.78 is 4.94. The molecule has 4 nitrogen and oxygen atoms in total. The Balaban J connectivity index is 2.48. The van der Waals surface area contributed by atoms with Crippen molar-refractivity contribution in [1.29, 1.82) is 0 Å². The molecule has 1 aromatic carbocycles. The van der Waals surface area contributed by atoms with Gasteiger partial charge in [0.15, 0.2) is 5.11 Å². The molecule has 19 heavy (non-hydrogen) atoms. The summed E-state index contributed by atoms with van der Waals surface area (Å²) in [6.07, 6.45) is 3.06. The lowest BCUT2D eigenvalue weighted by Gasteiger charge is -2.15. The summed E-state index contributed by atoms with van der Waals surface area (Å²) in [5, 5.41) is 3.59. The second kappa shape index (κ2) is 9.35. The molecule has 0 bridgehead atoms. The molecule has 0 aliphatic heterocycles. The molecule has 0 saturated carbocycles. The van der Waals surface area contributed by atoms with Gasteiger partial charge in [-0.3, -0.25) is 10.9 Å². The Morgan fingerprint density at radius 3 is 2.63 bits per heavy atom. The maximum absolute atomic E-state index is 5.15. The Morgan fingerprint density at radius 2 is 2.00 bits per heavy atom. The number of allylic oxidation sites excluding steroid dienone is 1. The fraction of sp³-hybridized carbons (Fsp3) is 0.357. The molecule has 0 saturated heterocycles. The van der Waals surface area contributed by atoms with Crippen molar-refractivity contribution in [2.24, 2.45) is 0 Å². The van der Waals surface area contributed by atoms with E-state index in [2.05, 4.69) is 41.3 Å². The molecular formula is C14H21N3OS. The minimum atomic E-state index is 0.551. The predicted molar refractivity (Wildman–Crippen MR) is 83.5 cm³/mol. The zero-order valence-corrected chi connectivity index (χ0v) is 12.2. The van der Waals surface area contributed by atoms with Gasteiger partial charge in [-0.2, -0.15) is 0 Å². The van der Waals surface area contributed by atoms with Crippen LogP contribution in [0.3, 0.4) is 0 Å². The Hall–Kier alpha value is -1.59. The van der Waals surface area contributed by atoms with Crippen molar-refractivity contribution in [2.45, 2.75) is 13.3 Å².